The highest BCUT2D eigenvalue weighted by molar-refractivity contribution is 7.95. The summed E-state index contributed by atoms with van der Waals surface area (Å²) in [6.45, 7) is 0. The normalized spacial score (nSPS) is 10.1. The van der Waals surface area contributed by atoms with E-state index in [4.69, 9.17) is 0 Å². The van der Waals surface area contributed by atoms with Gasteiger partial charge in [-0.15, -0.1) is 0 Å². The van der Waals surface area contributed by atoms with Gasteiger partial charge in [0.25, 0.3) is 0 Å². The molecule has 0 radical (unpaired) electrons. The van der Waals surface area contributed by atoms with Gasteiger partial charge in [0, 0.05) is 0 Å². The molecule has 0 aliphatic carbocycles. The molecule has 0 spiro atoms. The van der Waals surface area contributed by atoms with Gasteiger partial charge < -0.3 is 14.1 Å². The van der Waals surface area contributed by atoms with E-state index in [9.17, 15) is 0 Å². The van der Waals surface area contributed by atoms with Crippen LogP contribution in [0.4, 0.5) is 0 Å². The first-order chi connectivity index (χ1) is 12.9. The fourth-order valence-corrected chi connectivity index (χ4v) is 7.87. The number of hydrogen-bond donors (Lipinski definition) is 0. The molecule has 0 heterocycles. The standard InChI is InChI=1S/C25H22P.3FH/c1-5-13-22(14-6-1)21-26(23-15-7-2-8-16-23,24-17-9-3-10-18-24)25-19-11-4-12-20-25;;;/h1-20H,21H2;3*1H/q+1;;;/p-1. The molecule has 0 atom stereocenters. The fraction of sp³-hybridized carbons (Fsp3) is 0.0400. The Balaban J connectivity index is 0. The number of benzene rings is 4. The second-order valence-electron chi connectivity index (χ2n) is 6.46. The highest BCUT2D eigenvalue weighted by Crippen LogP contribution is 2.58. The van der Waals surface area contributed by atoms with Gasteiger partial charge in [-0.25, -0.2) is 0 Å². The van der Waals surface area contributed by atoms with E-state index in [-0.39, 0.29) is 17.0 Å². The summed E-state index contributed by atoms with van der Waals surface area (Å²) >= 11 is 0. The summed E-state index contributed by atoms with van der Waals surface area (Å²) in [5.74, 6) is 0. The van der Waals surface area contributed by atoms with Crippen molar-refractivity contribution < 1.29 is 17.0 Å². The van der Waals surface area contributed by atoms with E-state index in [1.54, 1.807) is 0 Å². The average molecular weight is 412 g/mol. The maximum absolute atomic E-state index is 2.30. The average Bonchev–Trinajstić information content (AvgIpc) is 2.75. The lowest BCUT2D eigenvalue weighted by Gasteiger charge is -2.27. The number of rotatable bonds is 5. The Morgan fingerprint density at radius 1 is 0.414 bits per heavy atom. The van der Waals surface area contributed by atoms with Crippen molar-refractivity contribution in [3.8, 4) is 0 Å². The summed E-state index contributed by atoms with van der Waals surface area (Å²) in [7, 11) is -1.78. The van der Waals surface area contributed by atoms with E-state index >= 15 is 0 Å². The molecule has 150 valence electrons. The first-order valence-electron chi connectivity index (χ1n) is 8.98. The summed E-state index contributed by atoms with van der Waals surface area (Å²) in [4.78, 5) is 0. The number of halogens is 3. The Morgan fingerprint density at radius 3 is 1.00 bits per heavy atom. The van der Waals surface area contributed by atoms with E-state index in [0.29, 0.717) is 0 Å². The lowest BCUT2D eigenvalue weighted by atomic mass is 10.2. The van der Waals surface area contributed by atoms with Crippen LogP contribution in [0.15, 0.2) is 121 Å². The summed E-state index contributed by atoms with van der Waals surface area (Å²) < 4.78 is 0. The molecular weight excluding hydrogens is 388 g/mol. The second kappa shape index (κ2) is 11.2. The van der Waals surface area contributed by atoms with Crippen molar-refractivity contribution in [2.75, 3.05) is 0 Å². The zero-order valence-electron chi connectivity index (χ0n) is 17.8. The summed E-state index contributed by atoms with van der Waals surface area (Å²) in [6.07, 6.45) is 1.03. The van der Waals surface area contributed by atoms with E-state index in [0.717, 1.165) is 6.16 Å². The third-order valence-electron chi connectivity index (χ3n) is 4.85. The largest absolute Gasteiger partial charge is 1.00 e. The zero-order valence-corrected chi connectivity index (χ0v) is 16.7. The van der Waals surface area contributed by atoms with Gasteiger partial charge in [0.1, 0.15) is 23.2 Å². The minimum Gasteiger partial charge on any atom is -1.00 e. The van der Waals surface area contributed by atoms with E-state index < -0.39 is 7.26 Å². The van der Waals surface area contributed by atoms with Crippen LogP contribution in [-0.2, 0) is 6.16 Å². The Labute approximate surface area is 173 Å². The Hall–Kier alpha value is -2.90. The number of hydrogen-bond acceptors (Lipinski definition) is 0. The van der Waals surface area contributed by atoms with Crippen LogP contribution in [0.25, 0.3) is 0 Å². The molecule has 29 heavy (non-hydrogen) atoms. The Morgan fingerprint density at radius 2 is 0.690 bits per heavy atom. The summed E-state index contributed by atoms with van der Waals surface area (Å²) in [5.41, 5.74) is 1.39. The van der Waals surface area contributed by atoms with Crippen molar-refractivity contribution in [2.45, 2.75) is 6.16 Å². The van der Waals surface area contributed by atoms with Crippen LogP contribution in [0.5, 0.6) is 0 Å². The molecule has 4 heteroatoms. The first kappa shape index (κ1) is 24.1. The van der Waals surface area contributed by atoms with Crippen LogP contribution < -0.4 is 30.0 Å². The molecule has 0 aliphatic rings. The molecule has 0 unspecified atom stereocenters. The van der Waals surface area contributed by atoms with E-state index in [1.165, 1.54) is 21.5 Å². The van der Waals surface area contributed by atoms with Crippen LogP contribution in [0, 0.1) is 0 Å². The van der Waals surface area contributed by atoms with Crippen molar-refractivity contribution in [1.29, 1.82) is 0 Å². The summed E-state index contributed by atoms with van der Waals surface area (Å²) in [6, 6.07) is 44.0. The molecule has 0 saturated carbocycles. The highest BCUT2D eigenvalue weighted by Gasteiger charge is 2.45. The van der Waals surface area contributed by atoms with Gasteiger partial charge in [-0.2, -0.15) is 0 Å². The Kier molecular flexibility index (Phi) is 9.31. The van der Waals surface area contributed by atoms with Gasteiger partial charge in [0.2, 0.25) is 0 Å². The SMILES string of the molecule is [F-].[F-].[F-].[H+].[H+].c1ccc(C[P+](c2ccccc2)(c2ccccc2)c2ccccc2)cc1. The maximum Gasteiger partial charge on any atom is 1.00 e. The third-order valence-corrected chi connectivity index (χ3v) is 9.23. The van der Waals surface area contributed by atoms with E-state index in [1.807, 2.05) is 0 Å². The van der Waals surface area contributed by atoms with Crippen LogP contribution in [0.1, 0.15) is 8.42 Å². The van der Waals surface area contributed by atoms with Gasteiger partial charge in [-0.05, 0) is 42.0 Å². The van der Waals surface area contributed by atoms with Gasteiger partial charge in [0.05, 0.1) is 6.16 Å². The topological polar surface area (TPSA) is 0 Å². The molecular formula is C25H24F3P. The van der Waals surface area contributed by atoms with E-state index in [2.05, 4.69) is 121 Å². The van der Waals surface area contributed by atoms with Crippen molar-refractivity contribution in [1.82, 2.24) is 0 Å². The fourth-order valence-electron chi connectivity index (χ4n) is 3.63. The molecule has 0 nitrogen and oxygen atoms in total. The molecule has 0 bridgehead atoms. The smallest absolute Gasteiger partial charge is 1.00 e. The summed E-state index contributed by atoms with van der Waals surface area (Å²) in [5, 5.41) is 4.30. The van der Waals surface area contributed by atoms with Crippen LogP contribution in [-0.4, -0.2) is 0 Å². The molecule has 0 N–H and O–H groups in total. The molecule has 0 amide bonds. The van der Waals surface area contributed by atoms with Gasteiger partial charge in [-0.3, -0.25) is 0 Å². The second-order valence-corrected chi connectivity index (χ2v) is 9.95. The van der Waals surface area contributed by atoms with Gasteiger partial charge >= 0.3 is 2.85 Å². The zero-order chi connectivity index (χ0) is 17.7. The molecule has 4 aromatic rings. The van der Waals surface area contributed by atoms with Crippen molar-refractivity contribution >= 4 is 23.2 Å². The minimum absolute atomic E-state index is 0. The Bertz CT molecular complexity index is 860. The maximum atomic E-state index is 2.30. The molecule has 0 fully saturated rings. The molecule has 0 aliphatic heterocycles. The van der Waals surface area contributed by atoms with Crippen LogP contribution in [0.3, 0.4) is 0 Å². The van der Waals surface area contributed by atoms with Crippen molar-refractivity contribution in [2.24, 2.45) is 0 Å². The monoisotopic (exact) mass is 412 g/mol. The predicted octanol–water partition coefficient (Wildman–Crippen LogP) is -3.58. The minimum atomic E-state index is -1.78. The first-order valence-corrected chi connectivity index (χ1v) is 11.0. The third kappa shape index (κ3) is 4.93. The van der Waals surface area contributed by atoms with Crippen LogP contribution >= 0.6 is 7.26 Å². The van der Waals surface area contributed by atoms with Crippen molar-refractivity contribution in [3.05, 3.63) is 127 Å². The quantitative estimate of drug-likeness (QED) is 0.298. The lowest BCUT2D eigenvalue weighted by Crippen LogP contribution is -3.00. The van der Waals surface area contributed by atoms with Gasteiger partial charge in [0.15, 0.2) is 0 Å². The van der Waals surface area contributed by atoms with Crippen LogP contribution in [0.2, 0.25) is 0 Å². The molecule has 4 rings (SSSR count). The van der Waals surface area contributed by atoms with Crippen molar-refractivity contribution in [3.63, 3.8) is 0 Å². The highest BCUT2D eigenvalue weighted by atomic mass is 31.2. The predicted molar refractivity (Wildman–Crippen MR) is 118 cm³/mol. The molecule has 0 saturated heterocycles. The van der Waals surface area contributed by atoms with Gasteiger partial charge in [-0.1, -0.05) is 84.9 Å². The molecule has 4 aromatic carbocycles. The molecule has 0 aromatic heterocycles. The lowest BCUT2D eigenvalue weighted by molar-refractivity contribution is -0.00100.